The first-order valence-electron chi connectivity index (χ1n) is 6.95. The second-order valence-electron chi connectivity index (χ2n) is 5.03. The molecule has 3 aromatic rings. The number of hydrazone groups is 1. The van der Waals surface area contributed by atoms with E-state index in [1.807, 2.05) is 36.5 Å². The van der Waals surface area contributed by atoms with E-state index < -0.39 is 0 Å². The number of hydrogen-bond donors (Lipinski definition) is 2. The first-order valence-corrected chi connectivity index (χ1v) is 8.12. The highest BCUT2D eigenvalue weighted by molar-refractivity contribution is 9.10. The molecule has 0 aliphatic heterocycles. The molecule has 1 amide bonds. The summed E-state index contributed by atoms with van der Waals surface area (Å²) in [4.78, 5) is 15.0. The van der Waals surface area contributed by atoms with Crippen molar-refractivity contribution in [3.63, 3.8) is 0 Å². The third-order valence-corrected chi connectivity index (χ3v) is 4.09. The molecule has 1 heterocycles. The van der Waals surface area contributed by atoms with E-state index in [9.17, 15) is 4.79 Å². The van der Waals surface area contributed by atoms with Crippen molar-refractivity contribution in [2.24, 2.45) is 5.10 Å². The summed E-state index contributed by atoms with van der Waals surface area (Å²) in [5, 5.41) is 5.71. The molecule has 0 bridgehead atoms. The minimum absolute atomic E-state index is 0.176. The molecule has 3 rings (SSSR count). The predicted molar refractivity (Wildman–Crippen MR) is 96.9 cm³/mol. The van der Waals surface area contributed by atoms with Gasteiger partial charge in [-0.25, -0.2) is 5.43 Å². The molecule has 4 nitrogen and oxygen atoms in total. The third kappa shape index (κ3) is 4.00. The van der Waals surface area contributed by atoms with Crippen LogP contribution in [-0.2, 0) is 11.2 Å². The van der Waals surface area contributed by atoms with Crippen LogP contribution in [0.3, 0.4) is 0 Å². The summed E-state index contributed by atoms with van der Waals surface area (Å²) in [5.74, 6) is -0.176. The smallest absolute Gasteiger partial charge is 0.244 e. The van der Waals surface area contributed by atoms with Crippen molar-refractivity contribution in [2.75, 3.05) is 0 Å². The Labute approximate surface area is 146 Å². The second-order valence-corrected chi connectivity index (χ2v) is 6.38. The summed E-state index contributed by atoms with van der Waals surface area (Å²) in [6, 6.07) is 13.1. The average Bonchev–Trinajstić information content (AvgIpc) is 2.92. The molecular formula is C17H13BrClN3O. The van der Waals surface area contributed by atoms with Gasteiger partial charge in [0.2, 0.25) is 5.91 Å². The van der Waals surface area contributed by atoms with Gasteiger partial charge < -0.3 is 4.98 Å². The normalized spacial score (nSPS) is 11.2. The highest BCUT2D eigenvalue weighted by atomic mass is 79.9. The molecule has 1 aromatic heterocycles. The number of fused-ring (bicyclic) bond motifs is 1. The van der Waals surface area contributed by atoms with Crippen molar-refractivity contribution in [3.8, 4) is 0 Å². The molecule has 0 aliphatic rings. The molecule has 0 atom stereocenters. The number of nitrogens with one attached hydrogen (secondary N) is 2. The van der Waals surface area contributed by atoms with Gasteiger partial charge in [0.15, 0.2) is 0 Å². The van der Waals surface area contributed by atoms with Crippen molar-refractivity contribution >= 4 is 50.6 Å². The largest absolute Gasteiger partial charge is 0.361 e. The van der Waals surface area contributed by atoms with Crippen LogP contribution in [0.5, 0.6) is 0 Å². The Morgan fingerprint density at radius 1 is 1.26 bits per heavy atom. The number of carbonyl (C=O) groups excluding carboxylic acids is 1. The maximum Gasteiger partial charge on any atom is 0.244 e. The van der Waals surface area contributed by atoms with Crippen LogP contribution in [0.25, 0.3) is 10.9 Å². The number of amides is 1. The number of carbonyl (C=O) groups is 1. The first-order chi connectivity index (χ1) is 11.1. The van der Waals surface area contributed by atoms with Crippen molar-refractivity contribution in [1.82, 2.24) is 10.4 Å². The molecule has 2 aromatic carbocycles. The Morgan fingerprint density at radius 2 is 2.04 bits per heavy atom. The molecule has 2 N–H and O–H groups in total. The van der Waals surface area contributed by atoms with E-state index in [-0.39, 0.29) is 12.3 Å². The summed E-state index contributed by atoms with van der Waals surface area (Å²) >= 11 is 9.26. The van der Waals surface area contributed by atoms with Crippen molar-refractivity contribution in [1.29, 1.82) is 0 Å². The van der Waals surface area contributed by atoms with E-state index in [2.05, 4.69) is 31.4 Å². The lowest BCUT2D eigenvalue weighted by Crippen LogP contribution is -2.19. The van der Waals surface area contributed by atoms with Gasteiger partial charge in [0.05, 0.1) is 12.6 Å². The average molecular weight is 391 g/mol. The molecule has 23 heavy (non-hydrogen) atoms. The quantitative estimate of drug-likeness (QED) is 0.507. The van der Waals surface area contributed by atoms with Gasteiger partial charge in [-0.15, -0.1) is 0 Å². The van der Waals surface area contributed by atoms with Crippen LogP contribution in [0.15, 0.2) is 58.2 Å². The van der Waals surface area contributed by atoms with Gasteiger partial charge in [0.25, 0.3) is 0 Å². The Morgan fingerprint density at radius 3 is 2.83 bits per heavy atom. The zero-order valence-electron chi connectivity index (χ0n) is 12.0. The Hall–Kier alpha value is -2.11. The van der Waals surface area contributed by atoms with Crippen molar-refractivity contribution in [3.05, 3.63) is 69.3 Å². The summed E-state index contributed by atoms with van der Waals surface area (Å²) in [6.45, 7) is 0. The second kappa shape index (κ2) is 6.98. The van der Waals surface area contributed by atoms with Gasteiger partial charge in [-0.05, 0) is 35.9 Å². The fourth-order valence-corrected chi connectivity index (χ4v) is 2.71. The van der Waals surface area contributed by atoms with Crippen LogP contribution in [0, 0.1) is 0 Å². The van der Waals surface area contributed by atoms with Crippen LogP contribution in [0.4, 0.5) is 0 Å². The fraction of sp³-hybridized carbons (Fsp3) is 0.0588. The van der Waals surface area contributed by atoms with E-state index >= 15 is 0 Å². The monoisotopic (exact) mass is 389 g/mol. The van der Waals surface area contributed by atoms with Crippen LogP contribution in [-0.4, -0.2) is 17.1 Å². The summed E-state index contributed by atoms with van der Waals surface area (Å²) in [5.41, 5.74) is 5.35. The Balaban J connectivity index is 1.64. The minimum Gasteiger partial charge on any atom is -0.361 e. The maximum atomic E-state index is 11.9. The Bertz CT molecular complexity index is 871. The molecule has 0 aliphatic carbocycles. The first kappa shape index (κ1) is 15.8. The topological polar surface area (TPSA) is 57.2 Å². The van der Waals surface area contributed by atoms with Gasteiger partial charge >= 0.3 is 0 Å². The Kier molecular flexibility index (Phi) is 4.79. The molecule has 0 saturated heterocycles. The van der Waals surface area contributed by atoms with Gasteiger partial charge in [-0.2, -0.15) is 5.10 Å². The molecule has 0 fully saturated rings. The standard InChI is InChI=1S/C17H13BrClN3O/c18-13-3-6-16-15(8-13)12(9-20-16)10-21-22-17(23)7-11-1-4-14(19)5-2-11/h1-6,8-10,20H,7H2,(H,22,23)/b21-10+. The third-order valence-electron chi connectivity index (χ3n) is 3.35. The van der Waals surface area contributed by atoms with Crippen molar-refractivity contribution < 1.29 is 4.79 Å². The van der Waals surface area contributed by atoms with Gasteiger partial charge in [0, 0.05) is 32.2 Å². The van der Waals surface area contributed by atoms with Crippen LogP contribution in [0.1, 0.15) is 11.1 Å². The number of nitrogens with zero attached hydrogens (tertiary/aromatic N) is 1. The number of aromatic amines is 1. The molecule has 0 radical (unpaired) electrons. The van der Waals surface area contributed by atoms with Crippen LogP contribution >= 0.6 is 27.5 Å². The van der Waals surface area contributed by atoms with Crippen molar-refractivity contribution in [2.45, 2.75) is 6.42 Å². The number of halogens is 2. The number of benzene rings is 2. The fourth-order valence-electron chi connectivity index (χ4n) is 2.22. The van der Waals surface area contributed by atoms with Crippen LogP contribution in [0.2, 0.25) is 5.02 Å². The maximum absolute atomic E-state index is 11.9. The zero-order valence-corrected chi connectivity index (χ0v) is 14.4. The van der Waals surface area contributed by atoms with E-state index in [1.165, 1.54) is 0 Å². The highest BCUT2D eigenvalue weighted by Gasteiger charge is 2.04. The zero-order chi connectivity index (χ0) is 16.2. The van der Waals surface area contributed by atoms with E-state index in [1.54, 1.807) is 18.3 Å². The lowest BCUT2D eigenvalue weighted by molar-refractivity contribution is -0.120. The number of aromatic nitrogens is 1. The summed E-state index contributed by atoms with van der Waals surface area (Å²) < 4.78 is 0.992. The molecule has 0 spiro atoms. The van der Waals surface area contributed by atoms with Gasteiger partial charge in [-0.3, -0.25) is 4.79 Å². The van der Waals surface area contributed by atoms with Gasteiger partial charge in [-0.1, -0.05) is 39.7 Å². The molecular weight excluding hydrogens is 378 g/mol. The predicted octanol–water partition coefficient (Wildman–Crippen LogP) is 4.28. The SMILES string of the molecule is O=C(Cc1ccc(Cl)cc1)N/N=C/c1c[nH]c2ccc(Br)cc12. The number of hydrogen-bond acceptors (Lipinski definition) is 2. The van der Waals surface area contributed by atoms with E-state index in [4.69, 9.17) is 11.6 Å². The van der Waals surface area contributed by atoms with Gasteiger partial charge in [0.1, 0.15) is 0 Å². The molecule has 116 valence electrons. The highest BCUT2D eigenvalue weighted by Crippen LogP contribution is 2.21. The van der Waals surface area contributed by atoms with E-state index in [0.29, 0.717) is 5.02 Å². The minimum atomic E-state index is -0.176. The summed E-state index contributed by atoms with van der Waals surface area (Å²) in [7, 11) is 0. The number of rotatable bonds is 4. The molecule has 0 saturated carbocycles. The molecule has 6 heteroatoms. The van der Waals surface area contributed by atoms with E-state index in [0.717, 1.165) is 26.5 Å². The molecule has 0 unspecified atom stereocenters. The van der Waals surface area contributed by atoms with Crippen LogP contribution < -0.4 is 5.43 Å². The number of H-pyrrole nitrogens is 1. The lowest BCUT2D eigenvalue weighted by Gasteiger charge is -2.00. The lowest BCUT2D eigenvalue weighted by atomic mass is 10.1. The summed E-state index contributed by atoms with van der Waals surface area (Å²) in [6.07, 6.45) is 3.74.